The Balaban J connectivity index is 2.42. The Morgan fingerprint density at radius 1 is 1.10 bits per heavy atom. The van der Waals surface area contributed by atoms with Gasteiger partial charge in [-0.05, 0) is 0 Å². The topological polar surface area (TPSA) is 17.1 Å². The van der Waals surface area contributed by atoms with Crippen LogP contribution in [0.5, 0.6) is 0 Å². The van der Waals surface area contributed by atoms with Gasteiger partial charge in [0.05, 0.1) is 6.42 Å². The fourth-order valence-corrected chi connectivity index (χ4v) is 2.32. The van der Waals surface area contributed by atoms with E-state index >= 15 is 0 Å². The molecule has 0 saturated carbocycles. The number of hydrogen-bond acceptors (Lipinski definition) is 2. The summed E-state index contributed by atoms with van der Waals surface area (Å²) in [6.07, 6.45) is -11.8. The Bertz CT molecular complexity index is 459. The first-order chi connectivity index (χ1) is 9.62. The molecule has 1 aromatic rings. The molecule has 0 radical (unpaired) electrons. The van der Waals surface area contributed by atoms with Gasteiger partial charge in [-0.1, -0.05) is 42.1 Å². The molecular weight excluding hydrogens is 318 g/mol. The molecule has 1 unspecified atom stereocenters. The van der Waals surface area contributed by atoms with Gasteiger partial charge in [-0.15, -0.1) is 0 Å². The molecule has 0 aromatic heterocycles. The van der Waals surface area contributed by atoms with Crippen molar-refractivity contribution in [3.05, 3.63) is 35.9 Å². The van der Waals surface area contributed by atoms with Gasteiger partial charge >= 0.3 is 6.18 Å². The summed E-state index contributed by atoms with van der Waals surface area (Å²) in [4.78, 5) is 11.6. The van der Waals surface area contributed by atoms with Crippen molar-refractivity contribution in [2.75, 3.05) is 5.75 Å². The number of alkyl halides is 6. The normalized spacial score (nSPS) is 14.0. The Morgan fingerprint density at radius 2 is 1.67 bits per heavy atom. The van der Waals surface area contributed by atoms with Crippen LogP contribution in [0.2, 0.25) is 0 Å². The van der Waals surface area contributed by atoms with Gasteiger partial charge in [0, 0.05) is 17.7 Å². The Labute approximate surface area is 121 Å². The van der Waals surface area contributed by atoms with Crippen LogP contribution in [0.3, 0.4) is 0 Å². The summed E-state index contributed by atoms with van der Waals surface area (Å²) in [7, 11) is 0. The fraction of sp³-hybridized carbons (Fsp3) is 0.462. The van der Waals surface area contributed by atoms with Crippen LogP contribution in [-0.4, -0.2) is 29.1 Å². The number of rotatable bonds is 6. The summed E-state index contributed by atoms with van der Waals surface area (Å²) >= 11 is 0.568. The summed E-state index contributed by atoms with van der Waals surface area (Å²) in [5.41, 5.74) is 0.310. The second-order valence-corrected chi connectivity index (χ2v) is 5.39. The zero-order valence-electron chi connectivity index (χ0n) is 10.7. The predicted molar refractivity (Wildman–Crippen MR) is 68.4 cm³/mol. The lowest BCUT2D eigenvalue weighted by Gasteiger charge is -2.19. The van der Waals surface area contributed by atoms with Gasteiger partial charge in [0.25, 0.3) is 5.92 Å². The molecule has 0 aliphatic rings. The van der Waals surface area contributed by atoms with Gasteiger partial charge in [-0.25, -0.2) is 13.2 Å². The second-order valence-electron chi connectivity index (χ2n) is 4.32. The van der Waals surface area contributed by atoms with Crippen LogP contribution < -0.4 is 0 Å². The first-order valence-electron chi connectivity index (χ1n) is 5.92. The highest BCUT2D eigenvalue weighted by Gasteiger charge is 2.46. The molecule has 0 N–H and O–H groups in total. The van der Waals surface area contributed by atoms with E-state index < -0.39 is 36.2 Å². The number of carbonyl (C=O) groups excluding carboxylic acids is 1. The molecule has 0 heterocycles. The number of hydrogen-bond donors (Lipinski definition) is 0. The van der Waals surface area contributed by atoms with Crippen LogP contribution in [0.1, 0.15) is 23.2 Å². The maximum Gasteiger partial charge on any atom is 0.419 e. The summed E-state index contributed by atoms with van der Waals surface area (Å²) in [6, 6.07) is 7.86. The molecule has 0 aliphatic carbocycles. The zero-order chi connectivity index (χ0) is 16.1. The minimum absolute atomic E-state index is 0.310. The number of thioether (sulfide) groups is 1. The number of carbonyl (C=O) groups is 1. The Kier molecular flexibility index (Phi) is 6.12. The Morgan fingerprint density at radius 3 is 2.19 bits per heavy atom. The molecule has 118 valence electrons. The van der Waals surface area contributed by atoms with Gasteiger partial charge in [-0.2, -0.15) is 13.2 Å². The van der Waals surface area contributed by atoms with E-state index in [1.807, 2.05) is 0 Å². The summed E-state index contributed by atoms with van der Waals surface area (Å²) < 4.78 is 74.6. The van der Waals surface area contributed by atoms with E-state index in [9.17, 15) is 31.1 Å². The molecule has 0 bridgehead atoms. The minimum atomic E-state index is -5.30. The van der Waals surface area contributed by atoms with Crippen molar-refractivity contribution in [2.24, 2.45) is 0 Å². The maximum absolute atomic E-state index is 13.2. The average Bonchev–Trinajstić information content (AvgIpc) is 2.37. The first-order valence-corrected chi connectivity index (χ1v) is 6.91. The average molecular weight is 330 g/mol. The molecule has 0 amide bonds. The van der Waals surface area contributed by atoms with Crippen molar-refractivity contribution in [3.63, 3.8) is 0 Å². The first kappa shape index (κ1) is 17.9. The van der Waals surface area contributed by atoms with Crippen LogP contribution in [0.4, 0.5) is 26.3 Å². The van der Waals surface area contributed by atoms with E-state index in [1.165, 1.54) is 12.1 Å². The molecule has 8 heteroatoms. The molecule has 1 rings (SSSR count). The molecule has 0 spiro atoms. The monoisotopic (exact) mass is 330 g/mol. The summed E-state index contributed by atoms with van der Waals surface area (Å²) in [6.45, 7) is 0. The van der Waals surface area contributed by atoms with Crippen LogP contribution in [0, 0.1) is 0 Å². The van der Waals surface area contributed by atoms with E-state index in [2.05, 4.69) is 0 Å². The van der Waals surface area contributed by atoms with E-state index in [4.69, 9.17) is 0 Å². The van der Waals surface area contributed by atoms with Crippen molar-refractivity contribution in [3.8, 4) is 0 Å². The molecule has 0 fully saturated rings. The minimum Gasteiger partial charge on any atom is -0.282 e. The molecule has 0 saturated heterocycles. The van der Waals surface area contributed by atoms with Crippen molar-refractivity contribution in [2.45, 2.75) is 31.1 Å². The highest BCUT2D eigenvalue weighted by Crippen LogP contribution is 2.34. The Hall–Kier alpha value is -1.18. The molecule has 1 nitrogen and oxygen atoms in total. The lowest BCUT2D eigenvalue weighted by molar-refractivity contribution is -0.199. The molecule has 21 heavy (non-hydrogen) atoms. The predicted octanol–water partition coefficient (Wildman–Crippen LogP) is 4.88. The molecule has 1 aromatic carbocycles. The molecule has 1 atom stereocenters. The SMILES string of the molecule is O=C(SCCC(F)(F)CC(F)C(F)(F)F)c1ccccc1. The maximum atomic E-state index is 13.2. The lowest BCUT2D eigenvalue weighted by atomic mass is 10.1. The van der Waals surface area contributed by atoms with Gasteiger partial charge in [-0.3, -0.25) is 4.79 Å². The van der Waals surface area contributed by atoms with E-state index in [1.54, 1.807) is 18.2 Å². The van der Waals surface area contributed by atoms with E-state index in [0.29, 0.717) is 17.3 Å². The van der Waals surface area contributed by atoms with Gasteiger partial charge in [0.1, 0.15) is 0 Å². The third-order valence-electron chi connectivity index (χ3n) is 2.54. The van der Waals surface area contributed by atoms with Crippen molar-refractivity contribution in [1.82, 2.24) is 0 Å². The standard InChI is InChI=1S/C13H12F6OS/c14-10(13(17,18)19)8-12(15,16)6-7-21-11(20)9-4-2-1-3-5-9/h1-5,10H,6-8H2. The van der Waals surface area contributed by atoms with Crippen molar-refractivity contribution >= 4 is 16.9 Å². The van der Waals surface area contributed by atoms with Crippen molar-refractivity contribution < 1.29 is 31.1 Å². The van der Waals surface area contributed by atoms with Crippen LogP contribution in [-0.2, 0) is 0 Å². The van der Waals surface area contributed by atoms with Crippen LogP contribution in [0.15, 0.2) is 30.3 Å². The highest BCUT2D eigenvalue weighted by molar-refractivity contribution is 8.14. The third-order valence-corrected chi connectivity index (χ3v) is 3.45. The largest absolute Gasteiger partial charge is 0.419 e. The second kappa shape index (κ2) is 7.20. The fourth-order valence-electron chi connectivity index (χ4n) is 1.43. The molecule has 0 aliphatic heterocycles. The number of halogens is 6. The summed E-state index contributed by atoms with van der Waals surface area (Å²) in [5.74, 6) is -4.19. The molecular formula is C13H12F6OS. The van der Waals surface area contributed by atoms with Crippen molar-refractivity contribution in [1.29, 1.82) is 0 Å². The third kappa shape index (κ3) is 6.41. The highest BCUT2D eigenvalue weighted by atomic mass is 32.2. The quantitative estimate of drug-likeness (QED) is 0.692. The summed E-state index contributed by atoms with van der Waals surface area (Å²) in [5, 5.41) is -0.459. The van der Waals surface area contributed by atoms with Gasteiger partial charge < -0.3 is 0 Å². The smallest absolute Gasteiger partial charge is 0.282 e. The van der Waals surface area contributed by atoms with E-state index in [-0.39, 0.29) is 5.75 Å². The van der Waals surface area contributed by atoms with Gasteiger partial charge in [0.2, 0.25) is 11.3 Å². The van der Waals surface area contributed by atoms with E-state index in [0.717, 1.165) is 0 Å². The number of benzene rings is 1. The van der Waals surface area contributed by atoms with Crippen LogP contribution in [0.25, 0.3) is 0 Å². The van der Waals surface area contributed by atoms with Crippen LogP contribution >= 0.6 is 11.8 Å². The zero-order valence-corrected chi connectivity index (χ0v) is 11.5. The van der Waals surface area contributed by atoms with Gasteiger partial charge in [0.15, 0.2) is 0 Å². The lowest BCUT2D eigenvalue weighted by Crippen LogP contribution is -2.32.